The van der Waals surface area contributed by atoms with Crippen molar-refractivity contribution < 1.29 is 9.59 Å². The summed E-state index contributed by atoms with van der Waals surface area (Å²) in [5.41, 5.74) is 6.48. The van der Waals surface area contributed by atoms with Gasteiger partial charge in [-0.3, -0.25) is 14.5 Å². The van der Waals surface area contributed by atoms with E-state index in [1.54, 1.807) is 24.3 Å². The smallest absolute Gasteiger partial charge is 0.234 e. The molecule has 1 fully saturated rings. The molecule has 1 aliphatic heterocycles. The Kier molecular flexibility index (Phi) is 3.41. The van der Waals surface area contributed by atoms with Crippen LogP contribution in [0.1, 0.15) is 32.3 Å². The molecule has 1 saturated heterocycles. The zero-order chi connectivity index (χ0) is 14.2. The predicted molar refractivity (Wildman–Crippen MR) is 77.8 cm³/mol. The molecule has 0 aliphatic carbocycles. The van der Waals surface area contributed by atoms with Gasteiger partial charge in [-0.05, 0) is 17.5 Å². The molecule has 1 heterocycles. The topological polar surface area (TPSA) is 63.4 Å². The van der Waals surface area contributed by atoms with Crippen molar-refractivity contribution in [2.24, 2.45) is 11.1 Å². The quantitative estimate of drug-likeness (QED) is 0.663. The van der Waals surface area contributed by atoms with Crippen LogP contribution in [0.2, 0.25) is 0 Å². The van der Waals surface area contributed by atoms with Crippen LogP contribution in [-0.4, -0.2) is 16.8 Å². The second-order valence-corrected chi connectivity index (χ2v) is 6.00. The molecular weight excluding hydrogens is 260 g/mol. The molecule has 1 aliphatic rings. The summed E-state index contributed by atoms with van der Waals surface area (Å²) in [6.45, 7) is 3.84. The summed E-state index contributed by atoms with van der Waals surface area (Å²) >= 11 is 4.91. The minimum absolute atomic E-state index is 0.179. The van der Waals surface area contributed by atoms with Gasteiger partial charge in [-0.2, -0.15) is 0 Å². The predicted octanol–water partition coefficient (Wildman–Crippen LogP) is 2.00. The largest absolute Gasteiger partial charge is 0.389 e. The van der Waals surface area contributed by atoms with Gasteiger partial charge in [0.15, 0.2) is 0 Å². The van der Waals surface area contributed by atoms with Gasteiger partial charge in [0.25, 0.3) is 0 Å². The molecule has 0 spiro atoms. The molecule has 5 heteroatoms. The van der Waals surface area contributed by atoms with E-state index in [0.29, 0.717) is 24.1 Å². The van der Waals surface area contributed by atoms with Crippen molar-refractivity contribution in [1.29, 1.82) is 0 Å². The second-order valence-electron chi connectivity index (χ2n) is 5.56. The Morgan fingerprint density at radius 2 is 1.84 bits per heavy atom. The first-order chi connectivity index (χ1) is 8.80. The highest BCUT2D eigenvalue weighted by molar-refractivity contribution is 7.80. The molecule has 2 amide bonds. The average Bonchev–Trinajstić information content (AvgIpc) is 2.26. The third kappa shape index (κ3) is 2.81. The summed E-state index contributed by atoms with van der Waals surface area (Å²) in [7, 11) is 0. The molecule has 0 radical (unpaired) electrons. The lowest BCUT2D eigenvalue weighted by Crippen LogP contribution is -2.46. The molecule has 0 aromatic heterocycles. The molecule has 0 bridgehead atoms. The molecule has 1 aromatic rings. The highest BCUT2D eigenvalue weighted by atomic mass is 32.1. The highest BCUT2D eigenvalue weighted by Gasteiger charge is 2.38. The van der Waals surface area contributed by atoms with Crippen LogP contribution in [0.4, 0.5) is 5.69 Å². The number of benzene rings is 1. The minimum atomic E-state index is -0.272. The number of hydrogen-bond donors (Lipinski definition) is 1. The van der Waals surface area contributed by atoms with E-state index in [2.05, 4.69) is 0 Å². The Morgan fingerprint density at radius 1 is 1.26 bits per heavy atom. The van der Waals surface area contributed by atoms with E-state index in [1.807, 2.05) is 13.8 Å². The van der Waals surface area contributed by atoms with E-state index >= 15 is 0 Å². The van der Waals surface area contributed by atoms with E-state index < -0.39 is 0 Å². The number of piperidine rings is 1. The first-order valence-corrected chi connectivity index (χ1v) is 6.47. The van der Waals surface area contributed by atoms with Crippen molar-refractivity contribution >= 4 is 34.7 Å². The molecule has 0 unspecified atom stereocenters. The minimum Gasteiger partial charge on any atom is -0.389 e. The molecule has 0 saturated carbocycles. The summed E-state index contributed by atoms with van der Waals surface area (Å²) < 4.78 is 0. The summed E-state index contributed by atoms with van der Waals surface area (Å²) in [6.07, 6.45) is 0.714. The monoisotopic (exact) mass is 276 g/mol. The van der Waals surface area contributed by atoms with Crippen LogP contribution in [0.25, 0.3) is 0 Å². The number of hydrogen-bond acceptors (Lipinski definition) is 3. The standard InChI is InChI=1S/C14H16N2O2S/c1-14(2)7-11(17)16(12(18)8-14)10-5-3-4-9(6-10)13(15)19/h3-6H,7-8H2,1-2H3,(H2,15,19). The van der Waals surface area contributed by atoms with Crippen molar-refractivity contribution in [2.75, 3.05) is 4.90 Å². The van der Waals surface area contributed by atoms with E-state index in [1.165, 1.54) is 4.90 Å². The average molecular weight is 276 g/mol. The van der Waals surface area contributed by atoms with Crippen LogP contribution >= 0.6 is 12.2 Å². The fraction of sp³-hybridized carbons (Fsp3) is 0.357. The van der Waals surface area contributed by atoms with Crippen LogP contribution in [0.15, 0.2) is 24.3 Å². The number of nitrogens with zero attached hydrogens (tertiary/aromatic N) is 1. The normalized spacial score (nSPS) is 18.5. The Balaban J connectivity index is 2.36. The van der Waals surface area contributed by atoms with E-state index in [9.17, 15) is 9.59 Å². The first-order valence-electron chi connectivity index (χ1n) is 6.06. The van der Waals surface area contributed by atoms with E-state index in [-0.39, 0.29) is 22.2 Å². The Hall–Kier alpha value is -1.75. The second kappa shape index (κ2) is 4.74. The zero-order valence-electron chi connectivity index (χ0n) is 11.0. The molecular formula is C14H16N2O2S. The lowest BCUT2D eigenvalue weighted by atomic mass is 9.81. The third-order valence-corrected chi connectivity index (χ3v) is 3.38. The maximum atomic E-state index is 12.1. The number of thiocarbonyl (C=S) groups is 1. The molecule has 4 nitrogen and oxygen atoms in total. The number of nitrogens with two attached hydrogens (primary N) is 1. The molecule has 19 heavy (non-hydrogen) atoms. The van der Waals surface area contributed by atoms with Gasteiger partial charge in [-0.25, -0.2) is 0 Å². The van der Waals surface area contributed by atoms with Crippen molar-refractivity contribution in [1.82, 2.24) is 0 Å². The molecule has 2 rings (SSSR count). The molecule has 0 atom stereocenters. The summed E-state index contributed by atoms with van der Waals surface area (Å²) in [6, 6.07) is 6.89. The number of imide groups is 1. The van der Waals surface area contributed by atoms with Gasteiger partial charge < -0.3 is 5.73 Å². The number of carbonyl (C=O) groups excluding carboxylic acids is 2. The van der Waals surface area contributed by atoms with Crippen LogP contribution in [0.5, 0.6) is 0 Å². The summed E-state index contributed by atoms with van der Waals surface area (Å²) in [4.78, 5) is 25.8. The molecule has 100 valence electrons. The van der Waals surface area contributed by atoms with Crippen LogP contribution in [0, 0.1) is 5.41 Å². The first kappa shape index (κ1) is 13.7. The Bertz CT molecular complexity index is 546. The lowest BCUT2D eigenvalue weighted by molar-refractivity contribution is -0.132. The highest BCUT2D eigenvalue weighted by Crippen LogP contribution is 2.34. The molecule has 2 N–H and O–H groups in total. The fourth-order valence-electron chi connectivity index (χ4n) is 2.26. The number of carbonyl (C=O) groups is 2. The van der Waals surface area contributed by atoms with Crippen molar-refractivity contribution in [3.63, 3.8) is 0 Å². The number of rotatable bonds is 2. The van der Waals surface area contributed by atoms with Crippen molar-refractivity contribution in [3.05, 3.63) is 29.8 Å². The third-order valence-electron chi connectivity index (χ3n) is 3.15. The van der Waals surface area contributed by atoms with Crippen molar-refractivity contribution in [2.45, 2.75) is 26.7 Å². The van der Waals surface area contributed by atoms with Gasteiger partial charge in [0.1, 0.15) is 4.99 Å². The zero-order valence-corrected chi connectivity index (χ0v) is 11.8. The van der Waals surface area contributed by atoms with Crippen molar-refractivity contribution in [3.8, 4) is 0 Å². The summed E-state index contributed by atoms with van der Waals surface area (Å²) in [5.74, 6) is -0.359. The van der Waals surface area contributed by atoms with Gasteiger partial charge in [-0.15, -0.1) is 0 Å². The lowest BCUT2D eigenvalue weighted by Gasteiger charge is -2.34. The maximum Gasteiger partial charge on any atom is 0.234 e. The number of anilines is 1. The number of amides is 2. The van der Waals surface area contributed by atoms with Crippen LogP contribution < -0.4 is 10.6 Å². The Morgan fingerprint density at radius 3 is 2.37 bits per heavy atom. The van der Waals surface area contributed by atoms with Gasteiger partial charge in [0.05, 0.1) is 5.69 Å². The van der Waals surface area contributed by atoms with Gasteiger partial charge >= 0.3 is 0 Å². The van der Waals surface area contributed by atoms with Gasteiger partial charge in [0.2, 0.25) is 11.8 Å². The van der Waals surface area contributed by atoms with E-state index in [4.69, 9.17) is 18.0 Å². The maximum absolute atomic E-state index is 12.1. The molecule has 1 aromatic carbocycles. The van der Waals surface area contributed by atoms with E-state index in [0.717, 1.165) is 0 Å². The Labute approximate surface area is 117 Å². The van der Waals surface area contributed by atoms with Gasteiger partial charge in [-0.1, -0.05) is 38.2 Å². The fourth-order valence-corrected chi connectivity index (χ4v) is 2.39. The SMILES string of the molecule is CC1(C)CC(=O)N(c2cccc(C(N)=S)c2)C(=O)C1. The van der Waals surface area contributed by atoms with Gasteiger partial charge in [0, 0.05) is 18.4 Å². The van der Waals surface area contributed by atoms with Crippen LogP contribution in [0.3, 0.4) is 0 Å². The van der Waals surface area contributed by atoms with Crippen LogP contribution in [-0.2, 0) is 9.59 Å². The summed E-state index contributed by atoms with van der Waals surface area (Å²) in [5, 5.41) is 0.